The lowest BCUT2D eigenvalue weighted by atomic mass is 10.2. The van der Waals surface area contributed by atoms with Crippen LogP contribution >= 0.6 is 22.7 Å². The van der Waals surface area contributed by atoms with Gasteiger partial charge >= 0.3 is 12.2 Å². The predicted octanol–water partition coefficient (Wildman–Crippen LogP) is 5.60. The van der Waals surface area contributed by atoms with Gasteiger partial charge in [-0.15, -0.1) is 22.7 Å². The molecule has 32 heavy (non-hydrogen) atoms. The van der Waals surface area contributed by atoms with Crippen molar-refractivity contribution in [2.75, 3.05) is 22.5 Å². The first-order chi connectivity index (χ1) is 15.3. The third kappa shape index (κ3) is 5.29. The zero-order chi connectivity index (χ0) is 22.7. The van der Waals surface area contributed by atoms with E-state index >= 15 is 0 Å². The van der Waals surface area contributed by atoms with Gasteiger partial charge in [0.15, 0.2) is 5.13 Å². The molecule has 3 heterocycles. The van der Waals surface area contributed by atoms with Crippen molar-refractivity contribution in [3.63, 3.8) is 0 Å². The van der Waals surface area contributed by atoms with Gasteiger partial charge in [0.1, 0.15) is 18.0 Å². The van der Waals surface area contributed by atoms with Crippen molar-refractivity contribution in [1.29, 1.82) is 0 Å². The Bertz CT molecular complexity index is 1260. The number of amides is 2. The van der Waals surface area contributed by atoms with Crippen molar-refractivity contribution in [1.82, 2.24) is 15.0 Å². The van der Waals surface area contributed by atoms with E-state index < -0.39 is 23.6 Å². The van der Waals surface area contributed by atoms with Gasteiger partial charge < -0.3 is 10.6 Å². The Morgan fingerprint density at radius 2 is 1.94 bits per heavy atom. The van der Waals surface area contributed by atoms with Gasteiger partial charge in [-0.1, -0.05) is 0 Å². The molecule has 2 amide bonds. The van der Waals surface area contributed by atoms with Crippen LogP contribution in [0.4, 0.5) is 39.0 Å². The predicted molar refractivity (Wildman–Crippen MR) is 116 cm³/mol. The second-order valence-electron chi connectivity index (χ2n) is 6.47. The molecule has 0 bridgehead atoms. The van der Waals surface area contributed by atoms with Gasteiger partial charge in [-0.25, -0.2) is 24.1 Å². The largest absolute Gasteiger partial charge is 0.416 e. The van der Waals surface area contributed by atoms with Gasteiger partial charge in [0.2, 0.25) is 0 Å². The summed E-state index contributed by atoms with van der Waals surface area (Å²) in [5, 5.41) is 10.0. The first kappa shape index (κ1) is 21.9. The van der Waals surface area contributed by atoms with Crippen LogP contribution in [0.15, 0.2) is 42.2 Å². The average Bonchev–Trinajstić information content (AvgIpc) is 3.36. The van der Waals surface area contributed by atoms with Crippen molar-refractivity contribution in [3.8, 4) is 0 Å². The summed E-state index contributed by atoms with van der Waals surface area (Å²) >= 11 is 2.75. The van der Waals surface area contributed by atoms with E-state index in [4.69, 9.17) is 0 Å². The van der Waals surface area contributed by atoms with E-state index in [1.807, 2.05) is 11.4 Å². The Kier molecular flexibility index (Phi) is 6.19. The van der Waals surface area contributed by atoms with E-state index in [-0.39, 0.29) is 10.8 Å². The highest BCUT2D eigenvalue weighted by molar-refractivity contribution is 7.17. The summed E-state index contributed by atoms with van der Waals surface area (Å²) in [5.74, 6) is -0.372. The number of carbonyl (C=O) groups excluding carboxylic acids is 1. The van der Waals surface area contributed by atoms with Gasteiger partial charge in [0, 0.05) is 29.7 Å². The van der Waals surface area contributed by atoms with Gasteiger partial charge in [0.05, 0.1) is 15.8 Å². The van der Waals surface area contributed by atoms with Crippen LogP contribution in [0.25, 0.3) is 10.2 Å². The fraction of sp³-hybridized carbons (Fsp3) is 0.158. The molecule has 4 rings (SSSR count). The number of anilines is 3. The van der Waals surface area contributed by atoms with Crippen LogP contribution in [-0.2, 0) is 12.6 Å². The molecule has 0 fully saturated rings. The zero-order valence-electron chi connectivity index (χ0n) is 16.0. The maximum atomic E-state index is 13.5. The highest BCUT2D eigenvalue weighted by Crippen LogP contribution is 2.32. The lowest BCUT2D eigenvalue weighted by Crippen LogP contribution is -2.20. The number of thiazole rings is 1. The van der Waals surface area contributed by atoms with Gasteiger partial charge in [0.25, 0.3) is 0 Å². The number of nitrogens with zero attached hydrogens (tertiary/aromatic N) is 3. The van der Waals surface area contributed by atoms with Gasteiger partial charge in [-0.2, -0.15) is 13.2 Å². The van der Waals surface area contributed by atoms with Crippen molar-refractivity contribution < 1.29 is 22.4 Å². The molecule has 3 N–H and O–H groups in total. The molecule has 0 atom stereocenters. The van der Waals surface area contributed by atoms with Crippen LogP contribution in [0, 0.1) is 5.82 Å². The van der Waals surface area contributed by atoms with E-state index in [1.54, 1.807) is 6.20 Å². The third-order valence-corrected chi connectivity index (χ3v) is 6.05. The minimum atomic E-state index is -4.73. The number of hydrogen-bond acceptors (Lipinski definition) is 7. The number of aromatic nitrogens is 3. The first-order valence-electron chi connectivity index (χ1n) is 9.10. The number of fused-ring (bicyclic) bond motifs is 1. The SMILES string of the molecule is O=C(Nc1cc(F)cc(C(F)(F)F)c1)Nc1ncc(CCNc2ncnc3ccsc23)s1. The molecule has 0 radical (unpaired) electrons. The Labute approximate surface area is 186 Å². The molecule has 0 saturated carbocycles. The molecule has 0 aliphatic rings. The molecule has 1 aromatic carbocycles. The van der Waals surface area contributed by atoms with Crippen LogP contribution < -0.4 is 16.0 Å². The number of hydrogen-bond donors (Lipinski definition) is 3. The second-order valence-corrected chi connectivity index (χ2v) is 8.50. The van der Waals surface area contributed by atoms with Crippen molar-refractivity contribution in [2.45, 2.75) is 12.6 Å². The molecule has 3 aromatic heterocycles. The van der Waals surface area contributed by atoms with Crippen molar-refractivity contribution in [3.05, 3.63) is 58.4 Å². The minimum Gasteiger partial charge on any atom is -0.368 e. The van der Waals surface area contributed by atoms with Gasteiger partial charge in [-0.3, -0.25) is 5.32 Å². The monoisotopic (exact) mass is 482 g/mol. The van der Waals surface area contributed by atoms with Crippen LogP contribution in [0.5, 0.6) is 0 Å². The van der Waals surface area contributed by atoms with E-state index in [9.17, 15) is 22.4 Å². The zero-order valence-corrected chi connectivity index (χ0v) is 17.7. The Morgan fingerprint density at radius 1 is 1.09 bits per heavy atom. The lowest BCUT2D eigenvalue weighted by molar-refractivity contribution is -0.137. The molecule has 7 nitrogen and oxygen atoms in total. The number of benzene rings is 1. The summed E-state index contributed by atoms with van der Waals surface area (Å²) in [4.78, 5) is 25.4. The third-order valence-electron chi connectivity index (χ3n) is 4.16. The molecular formula is C19H14F4N6OS2. The quantitative estimate of drug-likeness (QED) is 0.311. The molecule has 0 aliphatic carbocycles. The summed E-state index contributed by atoms with van der Waals surface area (Å²) in [6, 6.07) is 2.89. The molecular weight excluding hydrogens is 468 g/mol. The normalized spacial score (nSPS) is 11.5. The lowest BCUT2D eigenvalue weighted by Gasteiger charge is -2.10. The van der Waals surface area contributed by atoms with E-state index in [0.29, 0.717) is 25.1 Å². The molecule has 4 aromatic rings. The number of halogens is 4. The number of nitrogens with one attached hydrogen (secondary N) is 3. The van der Waals surface area contributed by atoms with Crippen molar-refractivity contribution in [2.24, 2.45) is 0 Å². The number of urea groups is 1. The van der Waals surface area contributed by atoms with Crippen LogP contribution in [0.3, 0.4) is 0 Å². The smallest absolute Gasteiger partial charge is 0.368 e. The number of carbonyl (C=O) groups is 1. The molecule has 166 valence electrons. The van der Waals surface area contributed by atoms with Crippen LogP contribution in [0.2, 0.25) is 0 Å². The minimum absolute atomic E-state index is 0.257. The summed E-state index contributed by atoms with van der Waals surface area (Å²) in [7, 11) is 0. The fourth-order valence-electron chi connectivity index (χ4n) is 2.78. The fourth-order valence-corrected chi connectivity index (χ4v) is 4.40. The topological polar surface area (TPSA) is 91.8 Å². The number of alkyl halides is 3. The van der Waals surface area contributed by atoms with E-state index in [1.165, 1.54) is 29.0 Å². The average molecular weight is 482 g/mol. The maximum absolute atomic E-state index is 13.5. The summed E-state index contributed by atoms with van der Waals surface area (Å²) in [6.45, 7) is 0.571. The maximum Gasteiger partial charge on any atom is 0.416 e. The molecule has 0 unspecified atom stereocenters. The Hall–Kier alpha value is -3.32. The highest BCUT2D eigenvalue weighted by atomic mass is 32.1. The number of thiophene rings is 1. The highest BCUT2D eigenvalue weighted by Gasteiger charge is 2.31. The first-order valence-corrected chi connectivity index (χ1v) is 10.8. The summed E-state index contributed by atoms with van der Waals surface area (Å²) in [6.07, 6.45) is -1.04. The van der Waals surface area contributed by atoms with E-state index in [0.717, 1.165) is 27.0 Å². The standard InChI is InChI=1S/C19H14F4N6OS2/c20-11-5-10(19(21,22)23)6-12(7-11)28-17(30)29-18-25-8-13(32-18)1-3-24-16-15-14(2-4-31-15)26-9-27-16/h2,4-9H,1,3H2,(H,24,26,27)(H2,25,28,29,30). The van der Waals surface area contributed by atoms with E-state index in [2.05, 4.69) is 30.9 Å². The van der Waals surface area contributed by atoms with Gasteiger partial charge in [-0.05, 0) is 29.6 Å². The summed E-state index contributed by atoms with van der Waals surface area (Å²) < 4.78 is 52.8. The molecule has 0 spiro atoms. The molecule has 0 aliphatic heterocycles. The Morgan fingerprint density at radius 3 is 2.75 bits per heavy atom. The molecule has 0 saturated heterocycles. The van der Waals surface area contributed by atoms with Crippen LogP contribution in [0.1, 0.15) is 10.4 Å². The second kappa shape index (κ2) is 9.04. The van der Waals surface area contributed by atoms with Crippen LogP contribution in [-0.4, -0.2) is 27.5 Å². The number of rotatable bonds is 6. The Balaban J connectivity index is 1.32. The molecule has 13 heteroatoms. The summed E-state index contributed by atoms with van der Waals surface area (Å²) in [5.41, 5.74) is -0.649. The van der Waals surface area contributed by atoms with Crippen molar-refractivity contribution >= 4 is 55.6 Å².